The first-order valence-corrected chi connectivity index (χ1v) is 9.71. The summed E-state index contributed by atoms with van der Waals surface area (Å²) < 4.78 is 14.4. The summed E-state index contributed by atoms with van der Waals surface area (Å²) in [6.45, 7) is 2.26. The predicted molar refractivity (Wildman–Crippen MR) is 93.2 cm³/mol. The topological polar surface area (TPSA) is 43.4 Å². The second-order valence-corrected chi connectivity index (χ2v) is 6.20. The SMILES string of the molecule is CCCCCCCCC=CCCCCCCCC(=O)OP=O. The largest absolute Gasteiger partial charge is 0.398 e. The third-order valence-corrected chi connectivity index (χ3v) is 4.06. The molecular formula is C18H33O3P. The molecule has 0 heterocycles. The van der Waals surface area contributed by atoms with E-state index in [2.05, 4.69) is 23.6 Å². The van der Waals surface area contributed by atoms with Gasteiger partial charge in [-0.15, -0.1) is 0 Å². The Morgan fingerprint density at radius 3 is 1.86 bits per heavy atom. The van der Waals surface area contributed by atoms with Gasteiger partial charge in [-0.2, -0.15) is 0 Å². The van der Waals surface area contributed by atoms with Gasteiger partial charge in [-0.05, 0) is 32.1 Å². The van der Waals surface area contributed by atoms with Crippen LogP contribution in [0.25, 0.3) is 0 Å². The van der Waals surface area contributed by atoms with Crippen LogP contribution in [0.4, 0.5) is 0 Å². The van der Waals surface area contributed by atoms with Gasteiger partial charge in [0.25, 0.3) is 0 Å². The van der Waals surface area contributed by atoms with Gasteiger partial charge >= 0.3 is 14.7 Å². The summed E-state index contributed by atoms with van der Waals surface area (Å²) in [5, 5.41) is 0. The van der Waals surface area contributed by atoms with E-state index < -0.39 is 8.69 Å². The van der Waals surface area contributed by atoms with Crippen molar-refractivity contribution in [3.05, 3.63) is 12.2 Å². The molecule has 3 nitrogen and oxygen atoms in total. The van der Waals surface area contributed by atoms with Crippen molar-refractivity contribution in [2.75, 3.05) is 0 Å². The number of rotatable bonds is 16. The minimum Gasteiger partial charge on any atom is -0.373 e. The van der Waals surface area contributed by atoms with Gasteiger partial charge in [0.2, 0.25) is 0 Å². The molecule has 128 valence electrons. The van der Waals surface area contributed by atoms with E-state index in [0.717, 1.165) is 19.3 Å². The molecule has 4 heteroatoms. The fourth-order valence-corrected chi connectivity index (χ4v) is 2.60. The summed E-state index contributed by atoms with van der Waals surface area (Å²) in [5.41, 5.74) is 0. The fourth-order valence-electron chi connectivity index (χ4n) is 2.43. The standard InChI is InChI=1S/C18H33O3P/c1-2-3-4-5-6-7-8-9-10-11-12-13-14-15-16-17-18(19)21-22-20/h9-10H,2-8,11-17H2,1H3. The Labute approximate surface area is 138 Å². The third kappa shape index (κ3) is 17.4. The third-order valence-electron chi connectivity index (χ3n) is 3.78. The molecule has 0 unspecified atom stereocenters. The Morgan fingerprint density at radius 2 is 1.32 bits per heavy atom. The Hall–Kier alpha value is -0.690. The molecule has 0 aromatic heterocycles. The van der Waals surface area contributed by atoms with Gasteiger partial charge in [0.1, 0.15) is 0 Å². The maximum Gasteiger partial charge on any atom is 0.398 e. The Balaban J connectivity index is 3.14. The second kappa shape index (κ2) is 18.4. The molecule has 0 amide bonds. The molecule has 0 aromatic rings. The first-order chi connectivity index (χ1) is 10.8. The van der Waals surface area contributed by atoms with Crippen LogP contribution in [0.15, 0.2) is 12.2 Å². The molecule has 0 saturated carbocycles. The van der Waals surface area contributed by atoms with Crippen molar-refractivity contribution in [3.63, 3.8) is 0 Å². The number of allylic oxidation sites excluding steroid dienone is 2. The van der Waals surface area contributed by atoms with Gasteiger partial charge in [0.15, 0.2) is 0 Å². The molecule has 0 radical (unpaired) electrons. The van der Waals surface area contributed by atoms with Crippen LogP contribution in [-0.4, -0.2) is 5.97 Å². The summed E-state index contributed by atoms with van der Waals surface area (Å²) in [6, 6.07) is 0. The van der Waals surface area contributed by atoms with Gasteiger partial charge in [-0.3, -0.25) is 4.79 Å². The second-order valence-electron chi connectivity index (χ2n) is 5.87. The van der Waals surface area contributed by atoms with Crippen LogP contribution in [0.3, 0.4) is 0 Å². The molecule has 0 spiro atoms. The maximum absolute atomic E-state index is 10.9. The van der Waals surface area contributed by atoms with Crippen molar-refractivity contribution in [2.24, 2.45) is 0 Å². The normalized spacial score (nSPS) is 11.3. The molecule has 0 fully saturated rings. The predicted octanol–water partition coefficient (Wildman–Crippen LogP) is 6.77. The molecular weight excluding hydrogens is 295 g/mol. The molecule has 0 saturated heterocycles. The average Bonchev–Trinajstić information content (AvgIpc) is 2.51. The van der Waals surface area contributed by atoms with Crippen LogP contribution in [0.2, 0.25) is 0 Å². The van der Waals surface area contributed by atoms with E-state index >= 15 is 0 Å². The van der Waals surface area contributed by atoms with Crippen LogP contribution in [0.5, 0.6) is 0 Å². The van der Waals surface area contributed by atoms with Gasteiger partial charge in [0.05, 0.1) is 0 Å². The summed E-state index contributed by atoms with van der Waals surface area (Å²) >= 11 is 0. The summed E-state index contributed by atoms with van der Waals surface area (Å²) in [7, 11) is -0.534. The van der Waals surface area contributed by atoms with Crippen LogP contribution in [0, 0.1) is 0 Å². The Morgan fingerprint density at radius 1 is 0.818 bits per heavy atom. The van der Waals surface area contributed by atoms with Gasteiger partial charge < -0.3 is 4.52 Å². The molecule has 22 heavy (non-hydrogen) atoms. The van der Waals surface area contributed by atoms with Gasteiger partial charge in [0, 0.05) is 6.42 Å². The molecule has 0 aliphatic carbocycles. The monoisotopic (exact) mass is 328 g/mol. The highest BCUT2D eigenvalue weighted by atomic mass is 31.1. The smallest absolute Gasteiger partial charge is 0.373 e. The van der Waals surface area contributed by atoms with Crippen LogP contribution < -0.4 is 0 Å². The molecule has 0 bridgehead atoms. The van der Waals surface area contributed by atoms with Crippen molar-refractivity contribution in [1.82, 2.24) is 0 Å². The van der Waals surface area contributed by atoms with E-state index in [1.165, 1.54) is 64.2 Å². The molecule has 0 atom stereocenters. The van der Waals surface area contributed by atoms with Crippen molar-refractivity contribution >= 4 is 14.7 Å². The average molecular weight is 328 g/mol. The highest BCUT2D eigenvalue weighted by Gasteiger charge is 2.01. The quantitative estimate of drug-likeness (QED) is 0.178. The Bertz CT molecular complexity index is 290. The lowest BCUT2D eigenvalue weighted by molar-refractivity contribution is -0.133. The zero-order chi connectivity index (χ0) is 16.3. The van der Waals surface area contributed by atoms with Crippen molar-refractivity contribution in [3.8, 4) is 0 Å². The van der Waals surface area contributed by atoms with Gasteiger partial charge in [-0.25, -0.2) is 4.57 Å². The zero-order valence-electron chi connectivity index (χ0n) is 14.2. The molecule has 0 aliphatic heterocycles. The molecule has 0 aliphatic rings. The minimum atomic E-state index is -0.534. The van der Waals surface area contributed by atoms with Crippen LogP contribution in [0.1, 0.15) is 96.8 Å². The lowest BCUT2D eigenvalue weighted by Gasteiger charge is -1.99. The molecule has 0 N–H and O–H groups in total. The van der Waals surface area contributed by atoms with E-state index in [1.54, 1.807) is 0 Å². The highest BCUT2D eigenvalue weighted by molar-refractivity contribution is 7.18. The van der Waals surface area contributed by atoms with Crippen molar-refractivity contribution in [1.29, 1.82) is 0 Å². The highest BCUT2D eigenvalue weighted by Crippen LogP contribution is 2.10. The van der Waals surface area contributed by atoms with E-state index in [0.29, 0.717) is 6.42 Å². The summed E-state index contributed by atoms with van der Waals surface area (Å²) in [5.74, 6) is -0.366. The number of hydrogen-bond donors (Lipinski definition) is 0. The molecule has 0 rings (SSSR count). The summed E-state index contributed by atoms with van der Waals surface area (Å²) in [4.78, 5) is 10.9. The first kappa shape index (κ1) is 21.3. The number of carbonyl (C=O) groups is 1. The van der Waals surface area contributed by atoms with Crippen molar-refractivity contribution < 1.29 is 13.9 Å². The van der Waals surface area contributed by atoms with Gasteiger partial charge in [-0.1, -0.05) is 70.4 Å². The first-order valence-electron chi connectivity index (χ1n) is 8.98. The van der Waals surface area contributed by atoms with E-state index in [9.17, 15) is 9.36 Å². The lowest BCUT2D eigenvalue weighted by atomic mass is 10.1. The Kier molecular flexibility index (Phi) is 17.8. The fraction of sp³-hybridized carbons (Fsp3) is 0.833. The minimum absolute atomic E-state index is 0.366. The molecule has 0 aromatic carbocycles. The lowest BCUT2D eigenvalue weighted by Crippen LogP contribution is -1.95. The maximum atomic E-state index is 10.9. The van der Waals surface area contributed by atoms with E-state index in [4.69, 9.17) is 0 Å². The van der Waals surface area contributed by atoms with E-state index in [1.807, 2.05) is 0 Å². The van der Waals surface area contributed by atoms with Crippen LogP contribution in [-0.2, 0) is 13.9 Å². The number of unbranched alkanes of at least 4 members (excludes halogenated alkanes) is 11. The number of hydrogen-bond acceptors (Lipinski definition) is 3. The zero-order valence-corrected chi connectivity index (χ0v) is 15.1. The summed E-state index contributed by atoms with van der Waals surface area (Å²) in [6.07, 6.45) is 21.1. The number of carbonyl (C=O) groups excluding carboxylic acids is 1. The van der Waals surface area contributed by atoms with Crippen molar-refractivity contribution in [2.45, 2.75) is 96.8 Å². The van der Waals surface area contributed by atoms with Crippen LogP contribution >= 0.6 is 8.69 Å². The van der Waals surface area contributed by atoms with E-state index in [-0.39, 0.29) is 5.97 Å².